The van der Waals surface area contributed by atoms with E-state index in [0.29, 0.717) is 12.2 Å². The number of aromatic nitrogens is 3. The Morgan fingerprint density at radius 2 is 1.91 bits per heavy atom. The van der Waals surface area contributed by atoms with Crippen molar-refractivity contribution in [3.8, 4) is 17.0 Å². The van der Waals surface area contributed by atoms with Crippen LogP contribution in [-0.2, 0) is 11.3 Å². The van der Waals surface area contributed by atoms with E-state index in [-0.39, 0.29) is 5.56 Å². The molecule has 0 spiro atoms. The molecule has 8 nitrogen and oxygen atoms in total. The third kappa shape index (κ3) is 4.49. The van der Waals surface area contributed by atoms with Gasteiger partial charge in [-0.15, -0.1) is 0 Å². The fourth-order valence-electron chi connectivity index (χ4n) is 4.04. The molecule has 5 aromatic rings. The average Bonchev–Trinajstić information content (AvgIpc) is 3.19. The van der Waals surface area contributed by atoms with E-state index in [4.69, 9.17) is 25.4 Å². The molecular formula is C26H26N4O4. The van der Waals surface area contributed by atoms with Crippen molar-refractivity contribution in [1.29, 1.82) is 0 Å². The molecule has 5 rings (SSSR count). The Bertz CT molecular complexity index is 1550. The molecule has 0 radical (unpaired) electrons. The van der Waals surface area contributed by atoms with Gasteiger partial charge >= 0.3 is 0 Å². The van der Waals surface area contributed by atoms with E-state index >= 15 is 0 Å². The number of fused-ring (bicyclic) bond motifs is 4. The van der Waals surface area contributed by atoms with Crippen LogP contribution in [0.15, 0.2) is 65.6 Å². The third-order valence-corrected chi connectivity index (χ3v) is 5.53. The fraction of sp³-hybridized carbons (Fsp3) is 0.192. The smallest absolute Gasteiger partial charge is 0.300 e. The van der Waals surface area contributed by atoms with Gasteiger partial charge in [-0.05, 0) is 42.6 Å². The highest BCUT2D eigenvalue weighted by atomic mass is 16.5. The Morgan fingerprint density at radius 3 is 2.65 bits per heavy atom. The van der Waals surface area contributed by atoms with Crippen LogP contribution in [-0.4, -0.2) is 39.3 Å². The largest absolute Gasteiger partial charge is 0.497 e. The summed E-state index contributed by atoms with van der Waals surface area (Å²) in [5.74, 6) is -0.0945. The van der Waals surface area contributed by atoms with Crippen LogP contribution in [0.3, 0.4) is 0 Å². The molecule has 2 heterocycles. The van der Waals surface area contributed by atoms with E-state index in [1.807, 2.05) is 60.8 Å². The van der Waals surface area contributed by atoms with E-state index in [2.05, 4.69) is 9.55 Å². The van der Waals surface area contributed by atoms with E-state index < -0.39 is 5.97 Å². The molecule has 34 heavy (non-hydrogen) atoms. The number of nitrogens with one attached hydrogen (secondary N) is 1. The topological polar surface area (TPSA) is 123 Å². The summed E-state index contributed by atoms with van der Waals surface area (Å²) in [6.45, 7) is 2.46. The molecule has 174 valence electrons. The van der Waals surface area contributed by atoms with Gasteiger partial charge in [0.2, 0.25) is 0 Å². The molecular weight excluding hydrogens is 432 g/mol. The van der Waals surface area contributed by atoms with Crippen molar-refractivity contribution >= 4 is 38.7 Å². The number of nitrogens with two attached hydrogens (primary N) is 1. The van der Waals surface area contributed by atoms with Crippen LogP contribution < -0.4 is 16.0 Å². The number of methoxy groups -OCH3 is 1. The van der Waals surface area contributed by atoms with Gasteiger partial charge in [0, 0.05) is 41.5 Å². The van der Waals surface area contributed by atoms with Gasteiger partial charge in [-0.25, -0.2) is 4.98 Å². The average molecular weight is 459 g/mol. The summed E-state index contributed by atoms with van der Waals surface area (Å²) < 4.78 is 7.56. The molecule has 0 aliphatic heterocycles. The first kappa shape index (κ1) is 23.0. The summed E-state index contributed by atoms with van der Waals surface area (Å²) >= 11 is 0. The molecule has 0 amide bonds. The number of rotatable bonds is 5. The second-order valence-corrected chi connectivity index (χ2v) is 7.88. The third-order valence-electron chi connectivity index (χ3n) is 5.53. The number of aryl methyl sites for hydroxylation is 1. The van der Waals surface area contributed by atoms with Gasteiger partial charge in [0.05, 0.1) is 18.1 Å². The quantitative estimate of drug-likeness (QED) is 0.340. The lowest BCUT2D eigenvalue weighted by molar-refractivity contribution is -0.134. The number of ether oxygens (including phenoxy) is 1. The van der Waals surface area contributed by atoms with Crippen LogP contribution in [0.1, 0.15) is 13.3 Å². The molecule has 0 bridgehead atoms. The van der Waals surface area contributed by atoms with Crippen molar-refractivity contribution in [2.75, 3.05) is 13.7 Å². The number of carbonyl (C=O) groups is 1. The number of aliphatic carboxylic acids is 1. The van der Waals surface area contributed by atoms with Gasteiger partial charge in [0.15, 0.2) is 0 Å². The van der Waals surface area contributed by atoms with E-state index in [1.54, 1.807) is 7.11 Å². The van der Waals surface area contributed by atoms with Crippen LogP contribution in [0, 0.1) is 0 Å². The Morgan fingerprint density at radius 1 is 1.15 bits per heavy atom. The minimum absolute atomic E-state index is 0.210. The summed E-state index contributed by atoms with van der Waals surface area (Å²) in [4.78, 5) is 29.9. The minimum atomic E-state index is -0.833. The van der Waals surface area contributed by atoms with Crippen molar-refractivity contribution in [3.63, 3.8) is 0 Å². The van der Waals surface area contributed by atoms with E-state index in [1.165, 1.54) is 0 Å². The maximum atomic E-state index is 13.0. The Hall–Kier alpha value is -4.17. The lowest BCUT2D eigenvalue weighted by Gasteiger charge is -2.06. The molecule has 2 aromatic heterocycles. The lowest BCUT2D eigenvalue weighted by Crippen LogP contribution is -2.11. The summed E-state index contributed by atoms with van der Waals surface area (Å²) in [6, 6.07) is 17.9. The molecule has 0 atom stereocenters. The summed E-state index contributed by atoms with van der Waals surface area (Å²) in [6.07, 6.45) is 2.84. The summed E-state index contributed by atoms with van der Waals surface area (Å²) in [5, 5.41) is 10.4. The van der Waals surface area contributed by atoms with Crippen molar-refractivity contribution in [2.45, 2.75) is 19.9 Å². The highest BCUT2D eigenvalue weighted by Gasteiger charge is 2.17. The SMILES string of the molecule is CC(=O)O.COc1ccc2c(c1)c(-c1nc3c(ccc4ccccc43)[nH]c1=O)cn2CCCN. The van der Waals surface area contributed by atoms with Gasteiger partial charge in [0.25, 0.3) is 11.5 Å². The summed E-state index contributed by atoms with van der Waals surface area (Å²) in [5.41, 5.74) is 9.25. The summed E-state index contributed by atoms with van der Waals surface area (Å²) in [7, 11) is 1.64. The molecule has 0 aliphatic carbocycles. The number of aromatic amines is 1. The first-order valence-electron chi connectivity index (χ1n) is 10.9. The van der Waals surface area contributed by atoms with Gasteiger partial charge in [-0.3, -0.25) is 9.59 Å². The Balaban J connectivity index is 0.000000636. The highest BCUT2D eigenvalue weighted by Crippen LogP contribution is 2.32. The van der Waals surface area contributed by atoms with E-state index in [9.17, 15) is 4.79 Å². The molecule has 0 unspecified atom stereocenters. The molecule has 3 aromatic carbocycles. The fourth-order valence-corrected chi connectivity index (χ4v) is 4.04. The number of carboxylic acids is 1. The van der Waals surface area contributed by atoms with Crippen molar-refractivity contribution in [2.24, 2.45) is 5.73 Å². The van der Waals surface area contributed by atoms with Gasteiger partial charge < -0.3 is 25.1 Å². The number of benzene rings is 3. The standard InChI is InChI=1S/C24H22N4O2.C2H4O2/c1-30-16-8-10-21-18(13-16)19(14-28(21)12-4-11-25)23-24(29)26-20-9-7-15-5-2-3-6-17(15)22(20)27-23;1-2(3)4/h2-3,5-10,13-14H,4,11-12,25H2,1H3,(H,26,29);1H3,(H,3,4). The van der Waals surface area contributed by atoms with Crippen LogP contribution in [0.4, 0.5) is 0 Å². The van der Waals surface area contributed by atoms with Crippen LogP contribution >= 0.6 is 0 Å². The van der Waals surface area contributed by atoms with Crippen molar-refractivity contribution in [1.82, 2.24) is 14.5 Å². The molecule has 0 saturated heterocycles. The first-order valence-corrected chi connectivity index (χ1v) is 10.9. The van der Waals surface area contributed by atoms with Gasteiger partial charge in [0.1, 0.15) is 11.4 Å². The second-order valence-electron chi connectivity index (χ2n) is 7.88. The maximum absolute atomic E-state index is 13.0. The highest BCUT2D eigenvalue weighted by molar-refractivity contribution is 6.05. The zero-order valence-electron chi connectivity index (χ0n) is 19.0. The second kappa shape index (κ2) is 9.76. The molecule has 0 aliphatic rings. The molecule has 0 fully saturated rings. The number of nitrogens with zero attached hydrogens (tertiary/aromatic N) is 2. The number of hydrogen-bond acceptors (Lipinski definition) is 5. The molecule has 4 N–H and O–H groups in total. The predicted octanol–water partition coefficient (Wildman–Crippen LogP) is 4.15. The van der Waals surface area contributed by atoms with E-state index in [0.717, 1.165) is 63.9 Å². The number of carboxylic acid groups (broad SMARTS) is 1. The maximum Gasteiger partial charge on any atom is 0.300 e. The number of hydrogen-bond donors (Lipinski definition) is 3. The number of H-pyrrole nitrogens is 1. The van der Waals surface area contributed by atoms with Crippen molar-refractivity contribution in [3.05, 3.63) is 71.1 Å². The zero-order chi connectivity index (χ0) is 24.2. The Labute approximate surface area is 195 Å². The molecule has 8 heteroatoms. The van der Waals surface area contributed by atoms with Crippen LogP contribution in [0.5, 0.6) is 5.75 Å². The van der Waals surface area contributed by atoms with Gasteiger partial charge in [-0.1, -0.05) is 30.3 Å². The minimum Gasteiger partial charge on any atom is -0.497 e. The first-order chi connectivity index (χ1) is 16.4. The molecule has 0 saturated carbocycles. The monoisotopic (exact) mass is 458 g/mol. The van der Waals surface area contributed by atoms with Crippen LogP contribution in [0.25, 0.3) is 44.0 Å². The Kier molecular flexibility index (Phi) is 6.60. The van der Waals surface area contributed by atoms with Gasteiger partial charge in [-0.2, -0.15) is 0 Å². The van der Waals surface area contributed by atoms with Crippen LogP contribution in [0.2, 0.25) is 0 Å². The lowest BCUT2D eigenvalue weighted by atomic mass is 10.1. The predicted molar refractivity (Wildman–Crippen MR) is 134 cm³/mol. The normalized spacial score (nSPS) is 10.9. The van der Waals surface area contributed by atoms with Crippen molar-refractivity contribution < 1.29 is 14.6 Å². The zero-order valence-corrected chi connectivity index (χ0v) is 19.0.